The molecule has 0 bridgehead atoms. The van der Waals surface area contributed by atoms with Gasteiger partial charge in [-0.2, -0.15) is 0 Å². The summed E-state index contributed by atoms with van der Waals surface area (Å²) in [6, 6.07) is 4.20. The molecular formula is C12H16ClFN2O. The fourth-order valence-electron chi connectivity index (χ4n) is 1.13. The molecule has 0 unspecified atom stereocenters. The van der Waals surface area contributed by atoms with Crippen LogP contribution in [0.2, 0.25) is 5.02 Å². The van der Waals surface area contributed by atoms with E-state index in [2.05, 4.69) is 0 Å². The predicted octanol–water partition coefficient (Wildman–Crippen LogP) is 3.21. The lowest BCUT2D eigenvalue weighted by molar-refractivity contribution is 0.268. The number of hydrogen-bond acceptors (Lipinski definition) is 2. The minimum atomic E-state index is -0.469. The molecule has 1 rings (SSSR count). The fourth-order valence-corrected chi connectivity index (χ4v) is 1.30. The molecule has 0 saturated carbocycles. The molecule has 3 nitrogen and oxygen atoms in total. The maximum atomic E-state index is 12.9. The molecule has 0 radical (unpaired) electrons. The number of nitrogens with one attached hydrogen (secondary N) is 1. The number of nitrogens with two attached hydrogens (primary N) is 1. The van der Waals surface area contributed by atoms with Crippen molar-refractivity contribution in [1.29, 1.82) is 5.41 Å². The Balaban J connectivity index is 2.51. The van der Waals surface area contributed by atoms with Crippen molar-refractivity contribution in [1.82, 2.24) is 0 Å². The topological polar surface area (TPSA) is 59.1 Å². The van der Waals surface area contributed by atoms with Crippen LogP contribution in [0.4, 0.5) is 4.39 Å². The van der Waals surface area contributed by atoms with Gasteiger partial charge in [-0.15, -0.1) is 0 Å². The molecule has 0 aliphatic rings. The van der Waals surface area contributed by atoms with Gasteiger partial charge in [0.2, 0.25) is 0 Å². The third-order valence-electron chi connectivity index (χ3n) is 2.62. The molecule has 0 amide bonds. The maximum Gasteiger partial charge on any atom is 0.142 e. The first-order valence-corrected chi connectivity index (χ1v) is 5.63. The summed E-state index contributed by atoms with van der Waals surface area (Å²) in [6.07, 6.45) is 0.608. The Hall–Kier alpha value is -1.29. The zero-order valence-corrected chi connectivity index (χ0v) is 10.6. The summed E-state index contributed by atoms with van der Waals surface area (Å²) < 4.78 is 18.3. The van der Waals surface area contributed by atoms with Crippen LogP contribution < -0.4 is 10.5 Å². The van der Waals surface area contributed by atoms with Gasteiger partial charge < -0.3 is 10.5 Å². The first-order valence-electron chi connectivity index (χ1n) is 5.25. The van der Waals surface area contributed by atoms with Crippen molar-refractivity contribution in [2.45, 2.75) is 20.3 Å². The van der Waals surface area contributed by atoms with Gasteiger partial charge in [0.05, 0.1) is 17.5 Å². The summed E-state index contributed by atoms with van der Waals surface area (Å²) in [5, 5.41) is 7.43. The normalized spacial score (nSPS) is 11.3. The van der Waals surface area contributed by atoms with E-state index >= 15 is 0 Å². The monoisotopic (exact) mass is 258 g/mol. The summed E-state index contributed by atoms with van der Waals surface area (Å²) >= 11 is 5.62. The van der Waals surface area contributed by atoms with E-state index in [4.69, 9.17) is 27.5 Å². The van der Waals surface area contributed by atoms with Gasteiger partial charge in [0.15, 0.2) is 0 Å². The minimum Gasteiger partial charge on any atom is -0.494 e. The van der Waals surface area contributed by atoms with E-state index in [1.165, 1.54) is 18.2 Å². The van der Waals surface area contributed by atoms with Crippen LogP contribution in [0.5, 0.6) is 5.75 Å². The van der Waals surface area contributed by atoms with E-state index in [-0.39, 0.29) is 10.9 Å². The van der Waals surface area contributed by atoms with Crippen molar-refractivity contribution >= 4 is 17.4 Å². The Morgan fingerprint density at radius 1 is 1.53 bits per heavy atom. The Labute approximate surface area is 105 Å². The number of rotatable bonds is 5. The molecule has 0 atom stereocenters. The molecular weight excluding hydrogens is 243 g/mol. The first kappa shape index (κ1) is 13.8. The summed E-state index contributed by atoms with van der Waals surface area (Å²) in [5.74, 6) is 0.164. The molecule has 1 aromatic carbocycles. The van der Waals surface area contributed by atoms with Crippen molar-refractivity contribution in [3.8, 4) is 5.75 Å². The van der Waals surface area contributed by atoms with Gasteiger partial charge in [-0.1, -0.05) is 25.4 Å². The van der Waals surface area contributed by atoms with Crippen LogP contribution in [0.15, 0.2) is 18.2 Å². The van der Waals surface area contributed by atoms with E-state index in [0.717, 1.165) is 0 Å². The average molecular weight is 259 g/mol. The van der Waals surface area contributed by atoms with Crippen LogP contribution >= 0.6 is 11.6 Å². The Morgan fingerprint density at radius 3 is 2.71 bits per heavy atom. The lowest BCUT2D eigenvalue weighted by atomic mass is 9.88. The second kappa shape index (κ2) is 5.36. The van der Waals surface area contributed by atoms with Crippen molar-refractivity contribution in [3.05, 3.63) is 29.0 Å². The largest absolute Gasteiger partial charge is 0.494 e. The van der Waals surface area contributed by atoms with E-state index in [1.54, 1.807) is 0 Å². The third-order valence-corrected chi connectivity index (χ3v) is 2.91. The smallest absolute Gasteiger partial charge is 0.142 e. The molecule has 0 aliphatic carbocycles. The molecule has 0 fully saturated rings. The molecule has 0 spiro atoms. The highest BCUT2D eigenvalue weighted by Gasteiger charge is 2.21. The van der Waals surface area contributed by atoms with Crippen LogP contribution in [0.1, 0.15) is 20.3 Å². The highest BCUT2D eigenvalue weighted by Crippen LogP contribution is 2.23. The Kier molecular flexibility index (Phi) is 4.34. The fraction of sp³-hybridized carbons (Fsp3) is 0.417. The van der Waals surface area contributed by atoms with Crippen molar-refractivity contribution < 1.29 is 9.13 Å². The van der Waals surface area contributed by atoms with Crippen LogP contribution in [-0.4, -0.2) is 12.4 Å². The van der Waals surface area contributed by atoms with Crippen LogP contribution in [0.25, 0.3) is 0 Å². The van der Waals surface area contributed by atoms with Crippen molar-refractivity contribution in [2.75, 3.05) is 6.61 Å². The van der Waals surface area contributed by atoms with E-state index in [9.17, 15) is 4.39 Å². The van der Waals surface area contributed by atoms with Crippen LogP contribution in [0, 0.1) is 16.6 Å². The number of hydrogen-bond donors (Lipinski definition) is 2. The molecule has 1 aromatic rings. The summed E-state index contributed by atoms with van der Waals surface area (Å²) in [4.78, 5) is 0. The van der Waals surface area contributed by atoms with E-state index < -0.39 is 11.2 Å². The zero-order chi connectivity index (χ0) is 13.1. The van der Waals surface area contributed by atoms with Crippen LogP contribution in [-0.2, 0) is 0 Å². The summed E-state index contributed by atoms with van der Waals surface area (Å²) in [7, 11) is 0. The second-order valence-corrected chi connectivity index (χ2v) is 4.88. The van der Waals surface area contributed by atoms with Gasteiger partial charge in [0, 0.05) is 11.5 Å². The average Bonchev–Trinajstić information content (AvgIpc) is 2.23. The van der Waals surface area contributed by atoms with Gasteiger partial charge >= 0.3 is 0 Å². The standard InChI is InChI=1S/C12H16ClFN2O/c1-12(2,11(15)16)5-6-17-8-3-4-10(14)9(13)7-8/h3-4,7H,5-6H2,1-2H3,(H3,15,16). The molecule has 94 valence electrons. The third kappa shape index (κ3) is 3.89. The molecule has 17 heavy (non-hydrogen) atoms. The minimum absolute atomic E-state index is 0.0355. The van der Waals surface area contributed by atoms with E-state index in [0.29, 0.717) is 18.8 Å². The second-order valence-electron chi connectivity index (χ2n) is 4.47. The molecule has 0 heterocycles. The lowest BCUT2D eigenvalue weighted by Crippen LogP contribution is -2.32. The quantitative estimate of drug-likeness (QED) is 0.629. The van der Waals surface area contributed by atoms with Gasteiger partial charge in [0.1, 0.15) is 11.6 Å². The summed E-state index contributed by atoms with van der Waals surface area (Å²) in [5.41, 5.74) is 5.05. The van der Waals surface area contributed by atoms with Gasteiger partial charge in [-0.25, -0.2) is 4.39 Å². The molecule has 0 aliphatic heterocycles. The van der Waals surface area contributed by atoms with Gasteiger partial charge in [0.25, 0.3) is 0 Å². The van der Waals surface area contributed by atoms with Gasteiger partial charge in [-0.05, 0) is 18.6 Å². The molecule has 0 saturated heterocycles. The highest BCUT2D eigenvalue weighted by atomic mass is 35.5. The predicted molar refractivity (Wildman–Crippen MR) is 67.2 cm³/mol. The maximum absolute atomic E-state index is 12.9. The Bertz CT molecular complexity index is 421. The summed E-state index contributed by atoms with van der Waals surface area (Å²) in [6.45, 7) is 4.14. The van der Waals surface area contributed by atoms with Crippen molar-refractivity contribution in [3.63, 3.8) is 0 Å². The molecule has 0 aromatic heterocycles. The molecule has 5 heteroatoms. The van der Waals surface area contributed by atoms with E-state index in [1.807, 2.05) is 13.8 Å². The SMILES string of the molecule is CC(C)(CCOc1ccc(F)c(Cl)c1)C(=N)N. The highest BCUT2D eigenvalue weighted by molar-refractivity contribution is 6.30. The number of ether oxygens (including phenoxy) is 1. The van der Waals surface area contributed by atoms with Crippen molar-refractivity contribution in [2.24, 2.45) is 11.1 Å². The number of amidine groups is 1. The molecule has 3 N–H and O–H groups in total. The van der Waals surface area contributed by atoms with Crippen LogP contribution in [0.3, 0.4) is 0 Å². The number of benzene rings is 1. The Morgan fingerprint density at radius 2 is 2.18 bits per heavy atom. The van der Waals surface area contributed by atoms with Gasteiger partial charge in [-0.3, -0.25) is 5.41 Å². The first-order chi connectivity index (χ1) is 7.83. The zero-order valence-electron chi connectivity index (χ0n) is 9.89. The number of halogens is 2. The lowest BCUT2D eigenvalue weighted by Gasteiger charge is -2.22.